The average Bonchev–Trinajstić information content (AvgIpc) is 3.08. The van der Waals surface area contributed by atoms with E-state index in [1.165, 1.54) is 0 Å². The zero-order valence-corrected chi connectivity index (χ0v) is 12.7. The highest BCUT2D eigenvalue weighted by molar-refractivity contribution is 5.84. The Morgan fingerprint density at radius 2 is 2.09 bits per heavy atom. The van der Waals surface area contributed by atoms with E-state index >= 15 is 0 Å². The summed E-state index contributed by atoms with van der Waals surface area (Å²) in [5, 5.41) is 4.20. The molecule has 0 saturated heterocycles. The molecule has 2 N–H and O–H groups in total. The summed E-state index contributed by atoms with van der Waals surface area (Å²) in [6.45, 7) is 0.976. The molecule has 0 spiro atoms. The van der Waals surface area contributed by atoms with Crippen LogP contribution in [0.1, 0.15) is 11.1 Å². The molecule has 0 unspecified atom stereocenters. The highest BCUT2D eigenvalue weighted by Gasteiger charge is 2.25. The maximum Gasteiger partial charge on any atom is 0.227 e. The van der Waals surface area contributed by atoms with Crippen LogP contribution in [0.2, 0.25) is 0 Å². The lowest BCUT2D eigenvalue weighted by atomic mass is 9.96. The van der Waals surface area contributed by atoms with Crippen LogP contribution >= 0.6 is 0 Å². The molecule has 1 aliphatic rings. The van der Waals surface area contributed by atoms with Crippen molar-refractivity contribution in [1.29, 1.82) is 0 Å². The first kappa shape index (κ1) is 13.9. The van der Waals surface area contributed by atoms with E-state index in [-0.39, 0.29) is 11.8 Å². The molecule has 0 radical (unpaired) electrons. The fraction of sp³-hybridized carbons (Fsp3) is 0.211. The van der Waals surface area contributed by atoms with Gasteiger partial charge in [-0.15, -0.1) is 0 Å². The van der Waals surface area contributed by atoms with Gasteiger partial charge in [-0.25, -0.2) is 0 Å². The number of ether oxygens (including phenoxy) is 1. The van der Waals surface area contributed by atoms with Gasteiger partial charge in [0.1, 0.15) is 12.4 Å². The lowest BCUT2D eigenvalue weighted by molar-refractivity contribution is -0.126. The maximum atomic E-state index is 12.5. The molecule has 4 nitrogen and oxygen atoms in total. The van der Waals surface area contributed by atoms with Crippen molar-refractivity contribution in [3.8, 4) is 5.75 Å². The first-order valence-electron chi connectivity index (χ1n) is 7.84. The van der Waals surface area contributed by atoms with Crippen molar-refractivity contribution in [3.63, 3.8) is 0 Å². The van der Waals surface area contributed by atoms with Crippen molar-refractivity contribution in [3.05, 3.63) is 65.9 Å². The second-order valence-corrected chi connectivity index (χ2v) is 5.89. The summed E-state index contributed by atoms with van der Waals surface area (Å²) < 4.78 is 5.70. The van der Waals surface area contributed by atoms with Crippen molar-refractivity contribution >= 4 is 16.8 Å². The number of amides is 1. The molecule has 116 valence electrons. The Morgan fingerprint density at radius 1 is 1.17 bits per heavy atom. The molecule has 2 aromatic carbocycles. The number of aromatic amines is 1. The Balaban J connectivity index is 1.44. The molecule has 4 heteroatoms. The largest absolute Gasteiger partial charge is 0.492 e. The van der Waals surface area contributed by atoms with Gasteiger partial charge in [0.25, 0.3) is 0 Å². The van der Waals surface area contributed by atoms with Gasteiger partial charge in [-0.3, -0.25) is 4.79 Å². The van der Waals surface area contributed by atoms with E-state index in [9.17, 15) is 4.79 Å². The topological polar surface area (TPSA) is 54.1 Å². The van der Waals surface area contributed by atoms with Crippen molar-refractivity contribution < 1.29 is 9.53 Å². The number of para-hydroxylation sites is 1. The number of benzene rings is 2. The summed E-state index contributed by atoms with van der Waals surface area (Å²) in [6.07, 6.45) is 2.65. The zero-order chi connectivity index (χ0) is 15.6. The number of hydrogen-bond acceptors (Lipinski definition) is 2. The summed E-state index contributed by atoms with van der Waals surface area (Å²) in [4.78, 5) is 15.6. The molecule has 23 heavy (non-hydrogen) atoms. The predicted molar refractivity (Wildman–Crippen MR) is 89.3 cm³/mol. The normalized spacial score (nSPS) is 16.6. The van der Waals surface area contributed by atoms with E-state index in [4.69, 9.17) is 4.74 Å². The molecule has 1 aliphatic heterocycles. The second-order valence-electron chi connectivity index (χ2n) is 5.89. The number of carbonyl (C=O) groups excluding carboxylic acids is 1. The van der Waals surface area contributed by atoms with Crippen molar-refractivity contribution in [1.82, 2.24) is 10.3 Å². The Bertz CT molecular complexity index is 853. The Morgan fingerprint density at radius 3 is 3.04 bits per heavy atom. The van der Waals surface area contributed by atoms with E-state index in [1.54, 1.807) is 0 Å². The first-order chi connectivity index (χ1) is 11.3. The summed E-state index contributed by atoms with van der Waals surface area (Å²) >= 11 is 0. The maximum absolute atomic E-state index is 12.5. The van der Waals surface area contributed by atoms with Crippen LogP contribution in [0.3, 0.4) is 0 Å². The van der Waals surface area contributed by atoms with Crippen LogP contribution in [-0.2, 0) is 17.8 Å². The van der Waals surface area contributed by atoms with E-state index in [0.717, 1.165) is 34.2 Å². The number of fused-ring (bicyclic) bond motifs is 2. The Hall–Kier alpha value is -2.75. The molecule has 0 bridgehead atoms. The number of rotatable bonds is 3. The SMILES string of the molecule is O=C(NCc1cccc2[nH]ccc12)[C@H]1COc2ccccc2C1. The van der Waals surface area contributed by atoms with Crippen LogP contribution in [0.4, 0.5) is 0 Å². The van der Waals surface area contributed by atoms with Crippen LogP contribution in [-0.4, -0.2) is 17.5 Å². The van der Waals surface area contributed by atoms with E-state index in [2.05, 4.69) is 10.3 Å². The minimum absolute atomic E-state index is 0.0482. The fourth-order valence-electron chi connectivity index (χ4n) is 3.13. The lowest BCUT2D eigenvalue weighted by Gasteiger charge is -2.24. The van der Waals surface area contributed by atoms with Gasteiger partial charge >= 0.3 is 0 Å². The summed E-state index contributed by atoms with van der Waals surface area (Å²) in [5.41, 5.74) is 3.31. The number of H-pyrrole nitrogens is 1. The third-order valence-electron chi connectivity index (χ3n) is 4.39. The Labute approximate surface area is 134 Å². The lowest BCUT2D eigenvalue weighted by Crippen LogP contribution is -2.37. The van der Waals surface area contributed by atoms with Crippen LogP contribution < -0.4 is 10.1 Å². The van der Waals surface area contributed by atoms with E-state index < -0.39 is 0 Å². The number of hydrogen-bond donors (Lipinski definition) is 2. The van der Waals surface area contributed by atoms with Gasteiger partial charge in [0, 0.05) is 23.6 Å². The van der Waals surface area contributed by atoms with Gasteiger partial charge in [-0.05, 0) is 35.7 Å². The predicted octanol–water partition coefficient (Wildman–Crippen LogP) is 3.04. The quantitative estimate of drug-likeness (QED) is 0.781. The minimum atomic E-state index is -0.129. The van der Waals surface area contributed by atoms with Crippen LogP contribution in [0.5, 0.6) is 5.75 Å². The van der Waals surface area contributed by atoms with Crippen LogP contribution in [0, 0.1) is 5.92 Å². The fourth-order valence-corrected chi connectivity index (χ4v) is 3.13. The molecule has 0 aliphatic carbocycles. The molecular weight excluding hydrogens is 288 g/mol. The molecule has 4 rings (SSSR count). The second kappa shape index (κ2) is 5.80. The van der Waals surface area contributed by atoms with Gasteiger partial charge in [0.15, 0.2) is 0 Å². The molecule has 3 aromatic rings. The molecule has 0 fully saturated rings. The number of nitrogens with one attached hydrogen (secondary N) is 2. The van der Waals surface area contributed by atoms with Crippen molar-refractivity contribution in [2.75, 3.05) is 6.61 Å². The third-order valence-corrected chi connectivity index (χ3v) is 4.39. The summed E-state index contributed by atoms with van der Waals surface area (Å²) in [6, 6.07) is 16.0. The highest BCUT2D eigenvalue weighted by atomic mass is 16.5. The van der Waals surface area contributed by atoms with E-state index in [1.807, 2.05) is 54.7 Å². The van der Waals surface area contributed by atoms with Gasteiger partial charge in [-0.2, -0.15) is 0 Å². The summed E-state index contributed by atoms with van der Waals surface area (Å²) in [7, 11) is 0. The van der Waals surface area contributed by atoms with Gasteiger partial charge < -0.3 is 15.0 Å². The molecule has 1 aromatic heterocycles. The smallest absolute Gasteiger partial charge is 0.227 e. The monoisotopic (exact) mass is 306 g/mol. The molecule has 1 amide bonds. The molecule has 2 heterocycles. The van der Waals surface area contributed by atoms with Gasteiger partial charge in [-0.1, -0.05) is 30.3 Å². The average molecular weight is 306 g/mol. The molecular formula is C19H18N2O2. The van der Waals surface area contributed by atoms with Crippen molar-refractivity contribution in [2.45, 2.75) is 13.0 Å². The minimum Gasteiger partial charge on any atom is -0.492 e. The highest BCUT2D eigenvalue weighted by Crippen LogP contribution is 2.27. The zero-order valence-electron chi connectivity index (χ0n) is 12.7. The van der Waals surface area contributed by atoms with Crippen molar-refractivity contribution in [2.24, 2.45) is 5.92 Å². The molecule has 1 atom stereocenters. The summed E-state index contributed by atoms with van der Waals surface area (Å²) in [5.74, 6) is 0.816. The van der Waals surface area contributed by atoms with Gasteiger partial charge in [0.2, 0.25) is 5.91 Å². The Kier molecular flexibility index (Phi) is 3.50. The number of carbonyl (C=O) groups is 1. The van der Waals surface area contributed by atoms with Gasteiger partial charge in [0.05, 0.1) is 5.92 Å². The standard InChI is InChI=1S/C19H18N2O2/c22-19(15-10-13-4-1-2-7-18(13)23-12-15)21-11-14-5-3-6-17-16(14)8-9-20-17/h1-9,15,20H,10-12H2,(H,21,22)/t15-/m1/s1. The van der Waals surface area contributed by atoms with Crippen LogP contribution in [0.15, 0.2) is 54.7 Å². The number of aromatic nitrogens is 1. The van der Waals surface area contributed by atoms with Crippen LogP contribution in [0.25, 0.3) is 10.9 Å². The molecule has 0 saturated carbocycles. The van der Waals surface area contributed by atoms with E-state index in [0.29, 0.717) is 13.2 Å². The third kappa shape index (κ3) is 2.68. The first-order valence-corrected chi connectivity index (χ1v) is 7.84.